The van der Waals surface area contributed by atoms with E-state index >= 15 is 0 Å². The normalized spacial score (nSPS) is 19.5. The Labute approximate surface area is 159 Å². The number of benzene rings is 1. The van der Waals surface area contributed by atoms with Gasteiger partial charge in [0.2, 0.25) is 0 Å². The summed E-state index contributed by atoms with van der Waals surface area (Å²) in [6, 6.07) is 10.3. The van der Waals surface area contributed by atoms with E-state index in [1.807, 2.05) is 18.2 Å². The summed E-state index contributed by atoms with van der Waals surface area (Å²) in [7, 11) is 0. The van der Waals surface area contributed by atoms with E-state index < -0.39 is 0 Å². The van der Waals surface area contributed by atoms with Gasteiger partial charge >= 0.3 is 0 Å². The van der Waals surface area contributed by atoms with Crippen molar-refractivity contribution in [2.45, 2.75) is 32.1 Å². The van der Waals surface area contributed by atoms with E-state index in [0.29, 0.717) is 18.7 Å². The van der Waals surface area contributed by atoms with Crippen LogP contribution in [-0.2, 0) is 19.3 Å². The Balaban J connectivity index is 1.64. The van der Waals surface area contributed by atoms with E-state index in [-0.39, 0.29) is 18.4 Å². The molecule has 2 aliphatic rings. The zero-order chi connectivity index (χ0) is 18.6. The number of carbonyl (C=O) groups is 1. The molecule has 1 fully saturated rings. The van der Waals surface area contributed by atoms with Gasteiger partial charge in [-0.2, -0.15) is 0 Å². The minimum atomic E-state index is -0.100. The average molecular weight is 366 g/mol. The lowest BCUT2D eigenvalue weighted by Gasteiger charge is -2.35. The first-order valence-corrected chi connectivity index (χ1v) is 9.82. The maximum atomic E-state index is 12.4. The number of carbonyl (C=O) groups excluding carboxylic acids is 1. The molecule has 1 aromatic carbocycles. The minimum Gasteiger partial charge on any atom is -0.396 e. The molecule has 1 amide bonds. The van der Waals surface area contributed by atoms with Crippen LogP contribution in [0.15, 0.2) is 30.3 Å². The summed E-state index contributed by atoms with van der Waals surface area (Å²) in [6.45, 7) is 2.54. The van der Waals surface area contributed by atoms with Crippen LogP contribution in [0.2, 0.25) is 0 Å². The van der Waals surface area contributed by atoms with Gasteiger partial charge in [-0.15, -0.1) is 0 Å². The molecule has 1 saturated heterocycles. The monoisotopic (exact) mass is 366 g/mol. The first kappa shape index (κ1) is 17.9. The second kappa shape index (κ2) is 8.05. The summed E-state index contributed by atoms with van der Waals surface area (Å²) >= 11 is 0. The summed E-state index contributed by atoms with van der Waals surface area (Å²) in [5, 5.41) is 12.5. The third kappa shape index (κ3) is 3.95. The van der Waals surface area contributed by atoms with Crippen LogP contribution in [0.5, 0.6) is 0 Å². The fourth-order valence-electron chi connectivity index (χ4n) is 4.00. The number of rotatable bonds is 5. The van der Waals surface area contributed by atoms with Gasteiger partial charge in [0.05, 0.1) is 0 Å². The first-order valence-electron chi connectivity index (χ1n) is 9.82. The summed E-state index contributed by atoms with van der Waals surface area (Å²) in [5.41, 5.74) is 2.73. The molecule has 1 atom stereocenters. The van der Waals surface area contributed by atoms with E-state index in [0.717, 1.165) is 56.0 Å². The SMILES string of the molecule is O=C1NCCc2c1nc(CCc1ccccc1)nc2N1CCCC(CO)C1. The number of fused-ring (bicyclic) bond motifs is 1. The van der Waals surface area contributed by atoms with Gasteiger partial charge in [0.1, 0.15) is 17.3 Å². The lowest BCUT2D eigenvalue weighted by Crippen LogP contribution is -2.40. The minimum absolute atomic E-state index is 0.100. The highest BCUT2D eigenvalue weighted by molar-refractivity contribution is 5.96. The van der Waals surface area contributed by atoms with E-state index in [4.69, 9.17) is 4.98 Å². The van der Waals surface area contributed by atoms with Crippen molar-refractivity contribution in [3.63, 3.8) is 0 Å². The number of aryl methyl sites for hydroxylation is 2. The maximum absolute atomic E-state index is 12.4. The predicted molar refractivity (Wildman–Crippen MR) is 104 cm³/mol. The van der Waals surface area contributed by atoms with Gasteiger partial charge in [0, 0.05) is 38.2 Å². The van der Waals surface area contributed by atoms with Crippen LogP contribution >= 0.6 is 0 Å². The number of piperidine rings is 1. The molecule has 0 aliphatic carbocycles. The van der Waals surface area contributed by atoms with E-state index in [1.165, 1.54) is 5.56 Å². The molecule has 1 aromatic heterocycles. The molecule has 1 unspecified atom stereocenters. The van der Waals surface area contributed by atoms with Crippen LogP contribution in [0.1, 0.15) is 40.3 Å². The van der Waals surface area contributed by atoms with Crippen molar-refractivity contribution in [2.75, 3.05) is 31.1 Å². The Hall–Kier alpha value is -2.47. The summed E-state index contributed by atoms with van der Waals surface area (Å²) in [6.07, 6.45) is 4.39. The Bertz CT molecular complexity index is 809. The molecular weight excluding hydrogens is 340 g/mol. The molecule has 3 heterocycles. The molecule has 0 radical (unpaired) electrons. The number of amides is 1. The Morgan fingerprint density at radius 3 is 2.85 bits per heavy atom. The first-order chi connectivity index (χ1) is 13.2. The van der Waals surface area contributed by atoms with Crippen molar-refractivity contribution in [3.8, 4) is 0 Å². The van der Waals surface area contributed by atoms with Crippen LogP contribution < -0.4 is 10.2 Å². The van der Waals surface area contributed by atoms with Gasteiger partial charge in [-0.1, -0.05) is 30.3 Å². The van der Waals surface area contributed by atoms with Crippen molar-refractivity contribution in [3.05, 3.63) is 53.0 Å². The summed E-state index contributed by atoms with van der Waals surface area (Å²) < 4.78 is 0. The van der Waals surface area contributed by atoms with Gasteiger partial charge < -0.3 is 15.3 Å². The van der Waals surface area contributed by atoms with Gasteiger partial charge in [-0.05, 0) is 37.2 Å². The third-order valence-electron chi connectivity index (χ3n) is 5.46. The zero-order valence-corrected chi connectivity index (χ0v) is 15.5. The number of aliphatic hydroxyl groups excluding tert-OH is 1. The Morgan fingerprint density at radius 2 is 2.04 bits per heavy atom. The highest BCUT2D eigenvalue weighted by atomic mass is 16.3. The van der Waals surface area contributed by atoms with Crippen LogP contribution in [0, 0.1) is 5.92 Å². The molecular formula is C21H26N4O2. The second-order valence-corrected chi connectivity index (χ2v) is 7.42. The maximum Gasteiger partial charge on any atom is 0.270 e. The number of nitrogens with zero attached hydrogens (tertiary/aromatic N) is 3. The molecule has 2 aliphatic heterocycles. The highest BCUT2D eigenvalue weighted by Gasteiger charge is 2.28. The molecule has 2 aromatic rings. The van der Waals surface area contributed by atoms with Crippen LogP contribution in [0.4, 0.5) is 5.82 Å². The Morgan fingerprint density at radius 1 is 1.19 bits per heavy atom. The molecule has 0 saturated carbocycles. The fraction of sp³-hybridized carbons (Fsp3) is 0.476. The second-order valence-electron chi connectivity index (χ2n) is 7.42. The molecule has 0 bridgehead atoms. The predicted octanol–water partition coefficient (Wildman–Crippen LogP) is 1.76. The molecule has 2 N–H and O–H groups in total. The van der Waals surface area contributed by atoms with Crippen LogP contribution in [0.25, 0.3) is 0 Å². The average Bonchev–Trinajstić information content (AvgIpc) is 2.73. The van der Waals surface area contributed by atoms with Gasteiger partial charge in [0.25, 0.3) is 5.91 Å². The summed E-state index contributed by atoms with van der Waals surface area (Å²) in [5.74, 6) is 1.79. The van der Waals surface area contributed by atoms with Gasteiger partial charge in [0.15, 0.2) is 0 Å². The summed E-state index contributed by atoms with van der Waals surface area (Å²) in [4.78, 5) is 24.1. The van der Waals surface area contributed by atoms with Crippen molar-refractivity contribution in [1.82, 2.24) is 15.3 Å². The smallest absolute Gasteiger partial charge is 0.270 e. The van der Waals surface area contributed by atoms with E-state index in [2.05, 4.69) is 27.3 Å². The van der Waals surface area contributed by atoms with E-state index in [9.17, 15) is 9.90 Å². The Kier molecular flexibility index (Phi) is 5.34. The lowest BCUT2D eigenvalue weighted by atomic mass is 9.97. The zero-order valence-electron chi connectivity index (χ0n) is 15.5. The van der Waals surface area contributed by atoms with Crippen molar-refractivity contribution in [2.24, 2.45) is 5.92 Å². The molecule has 6 heteroatoms. The molecule has 142 valence electrons. The van der Waals surface area contributed by atoms with Crippen molar-refractivity contribution in [1.29, 1.82) is 0 Å². The number of anilines is 1. The van der Waals surface area contributed by atoms with Crippen LogP contribution in [0.3, 0.4) is 0 Å². The number of hydrogen-bond acceptors (Lipinski definition) is 5. The molecule has 27 heavy (non-hydrogen) atoms. The number of aliphatic hydroxyl groups is 1. The topological polar surface area (TPSA) is 78.4 Å². The standard InChI is InChI=1S/C21H26N4O2/c26-14-16-7-4-12-25(13-16)20-17-10-11-22-21(27)19(17)23-18(24-20)9-8-15-5-2-1-3-6-15/h1-3,5-6,16,26H,4,7-14H2,(H,22,27). The third-order valence-corrected chi connectivity index (χ3v) is 5.46. The largest absolute Gasteiger partial charge is 0.396 e. The van der Waals surface area contributed by atoms with Gasteiger partial charge in [-0.3, -0.25) is 4.79 Å². The van der Waals surface area contributed by atoms with Gasteiger partial charge in [-0.25, -0.2) is 9.97 Å². The molecule has 0 spiro atoms. The van der Waals surface area contributed by atoms with Crippen molar-refractivity contribution >= 4 is 11.7 Å². The van der Waals surface area contributed by atoms with Crippen LogP contribution in [-0.4, -0.2) is 47.2 Å². The molecule has 6 nitrogen and oxygen atoms in total. The van der Waals surface area contributed by atoms with Crippen molar-refractivity contribution < 1.29 is 9.90 Å². The number of nitrogens with one attached hydrogen (secondary N) is 1. The highest BCUT2D eigenvalue weighted by Crippen LogP contribution is 2.28. The number of aromatic nitrogens is 2. The van der Waals surface area contributed by atoms with E-state index in [1.54, 1.807) is 0 Å². The fourth-order valence-corrected chi connectivity index (χ4v) is 4.00. The lowest BCUT2D eigenvalue weighted by molar-refractivity contribution is 0.0940. The quantitative estimate of drug-likeness (QED) is 0.843. The number of hydrogen-bond donors (Lipinski definition) is 2. The molecule has 4 rings (SSSR count).